The normalized spacial score (nSPS) is 13.0. The molecule has 0 aromatic heterocycles. The third-order valence-electron chi connectivity index (χ3n) is 8.36. The second-order valence-electron chi connectivity index (χ2n) is 12.3. The zero-order valence-corrected chi connectivity index (χ0v) is 28.3. The van der Waals surface area contributed by atoms with Crippen molar-refractivity contribution in [2.45, 2.75) is 71.8 Å². The maximum atomic E-state index is 13.5. The Bertz CT molecular complexity index is 1340. The number of amides is 4. The van der Waals surface area contributed by atoms with Gasteiger partial charge in [0, 0.05) is 44.9 Å². The number of benzene rings is 2. The summed E-state index contributed by atoms with van der Waals surface area (Å²) in [6.07, 6.45) is 1.39. The minimum Gasteiger partial charge on any atom is -0.449 e. The molecule has 0 saturated carbocycles. The number of unbranched alkanes of at least 4 members (excludes halogenated alkanes) is 1. The number of Topliss-reactive ketones (excluding diaryl/α,β-unsaturated/α-hetero) is 2. The molecule has 12 nitrogen and oxygen atoms in total. The van der Waals surface area contributed by atoms with Gasteiger partial charge in [0.2, 0.25) is 5.91 Å². The number of hydrogen-bond acceptors (Lipinski definition) is 8. The number of carbonyl (C=O) groups is 5. The number of alkyl carbamates (subject to hydrolysis) is 1. The van der Waals surface area contributed by atoms with Crippen molar-refractivity contribution in [2.24, 2.45) is 17.6 Å². The van der Waals surface area contributed by atoms with Gasteiger partial charge in [-0.15, -0.1) is 0 Å². The molecule has 0 fully saturated rings. The van der Waals surface area contributed by atoms with Crippen LogP contribution in [0.5, 0.6) is 0 Å². The molecule has 0 aliphatic heterocycles. The van der Waals surface area contributed by atoms with E-state index in [4.69, 9.17) is 19.9 Å². The Morgan fingerprint density at radius 1 is 0.857 bits per heavy atom. The Morgan fingerprint density at radius 2 is 1.51 bits per heavy atom. The van der Waals surface area contributed by atoms with Crippen LogP contribution in [0.1, 0.15) is 76.8 Å². The lowest BCUT2D eigenvalue weighted by Crippen LogP contribution is -2.46. The fourth-order valence-electron chi connectivity index (χ4n) is 5.83. The molecule has 1 aliphatic carbocycles. The Morgan fingerprint density at radius 3 is 2.12 bits per heavy atom. The Kier molecular flexibility index (Phi) is 18.0. The Balaban J connectivity index is 0.00000833. The number of urea groups is 1. The summed E-state index contributed by atoms with van der Waals surface area (Å²) < 4.78 is 16.0. The molecule has 2 aromatic rings. The Hall–Kier alpha value is -4.29. The molecule has 270 valence electrons. The molecule has 2 atom stereocenters. The van der Waals surface area contributed by atoms with Crippen LogP contribution >= 0.6 is 0 Å². The fraction of sp³-hybridized carbons (Fsp3) is 0.541. The lowest BCUT2D eigenvalue weighted by atomic mass is 9.89. The number of hydrogen-bond donors (Lipinski definition) is 4. The molecule has 5 N–H and O–H groups in total. The van der Waals surface area contributed by atoms with Gasteiger partial charge in [-0.25, -0.2) is 9.59 Å². The standard InChI is InChI=1S/C36H50N4O8.CH4/c1-24(2)33(40-36(45)48-23-31-29-15-6-4-13-27(29)28-14-5-7-16-30(28)31)32(42)21-25(11-10-17-38-35(37)44)34(43)39-22-26(41)12-8-9-18-47-20-19-46-3;/h4-7,13-16,24-25,31,33H,8-12,17-23H2,1-3H3,(H,39,43)(H,40,45)(H3,37,38,44);1H4. The summed E-state index contributed by atoms with van der Waals surface area (Å²) in [6.45, 7) is 5.31. The van der Waals surface area contributed by atoms with E-state index in [9.17, 15) is 24.0 Å². The van der Waals surface area contributed by atoms with Crippen molar-refractivity contribution >= 4 is 29.6 Å². The van der Waals surface area contributed by atoms with Gasteiger partial charge < -0.3 is 35.9 Å². The average molecular weight is 683 g/mol. The quantitative estimate of drug-likeness (QED) is 0.129. The third kappa shape index (κ3) is 13.3. The highest BCUT2D eigenvalue weighted by atomic mass is 16.5. The van der Waals surface area contributed by atoms with E-state index < -0.39 is 30.0 Å². The molecule has 3 rings (SSSR count). The molecule has 1 aliphatic rings. The molecule has 0 bridgehead atoms. The van der Waals surface area contributed by atoms with E-state index in [2.05, 4.69) is 28.1 Å². The van der Waals surface area contributed by atoms with E-state index in [1.165, 1.54) is 0 Å². The maximum Gasteiger partial charge on any atom is 0.407 e. The maximum absolute atomic E-state index is 13.5. The van der Waals surface area contributed by atoms with Gasteiger partial charge in [0.05, 0.1) is 25.8 Å². The van der Waals surface area contributed by atoms with Crippen LogP contribution in [0.25, 0.3) is 11.1 Å². The molecule has 0 heterocycles. The first-order valence-corrected chi connectivity index (χ1v) is 16.7. The van der Waals surface area contributed by atoms with Crippen molar-refractivity contribution < 1.29 is 38.2 Å². The molecule has 49 heavy (non-hydrogen) atoms. The summed E-state index contributed by atoms with van der Waals surface area (Å²) in [5.41, 5.74) is 9.53. The zero-order chi connectivity index (χ0) is 34.9. The van der Waals surface area contributed by atoms with Crippen LogP contribution in [-0.4, -0.2) is 82.3 Å². The number of methoxy groups -OCH3 is 1. The molecule has 4 amide bonds. The van der Waals surface area contributed by atoms with Crippen molar-refractivity contribution in [3.8, 4) is 11.1 Å². The average Bonchev–Trinajstić information content (AvgIpc) is 3.39. The van der Waals surface area contributed by atoms with Crippen LogP contribution in [0.2, 0.25) is 0 Å². The molecular formula is C37H54N4O8. The van der Waals surface area contributed by atoms with Crippen LogP contribution in [0.3, 0.4) is 0 Å². The van der Waals surface area contributed by atoms with E-state index in [0.717, 1.165) is 22.3 Å². The van der Waals surface area contributed by atoms with Gasteiger partial charge in [-0.2, -0.15) is 0 Å². The van der Waals surface area contributed by atoms with Gasteiger partial charge in [-0.1, -0.05) is 69.8 Å². The highest BCUT2D eigenvalue weighted by Crippen LogP contribution is 2.44. The smallest absolute Gasteiger partial charge is 0.407 e. The molecule has 0 saturated heterocycles. The third-order valence-corrected chi connectivity index (χ3v) is 8.36. The Labute approximate surface area is 290 Å². The SMILES string of the molecule is C.COCCOCCCCC(=O)CNC(=O)C(CCCNC(N)=O)CC(=O)C(NC(=O)OCC1c2ccccc2-c2ccccc21)C(C)C. The van der Waals surface area contributed by atoms with E-state index in [1.807, 2.05) is 36.4 Å². The van der Waals surface area contributed by atoms with Crippen molar-refractivity contribution in [2.75, 3.05) is 46.6 Å². The predicted molar refractivity (Wildman–Crippen MR) is 188 cm³/mol. The van der Waals surface area contributed by atoms with E-state index >= 15 is 0 Å². The van der Waals surface area contributed by atoms with Crippen molar-refractivity contribution in [3.63, 3.8) is 0 Å². The van der Waals surface area contributed by atoms with E-state index in [1.54, 1.807) is 21.0 Å². The zero-order valence-electron chi connectivity index (χ0n) is 28.3. The molecule has 12 heteroatoms. The van der Waals surface area contributed by atoms with Gasteiger partial charge in [0.15, 0.2) is 11.6 Å². The van der Waals surface area contributed by atoms with Gasteiger partial charge in [-0.05, 0) is 53.9 Å². The lowest BCUT2D eigenvalue weighted by molar-refractivity contribution is -0.131. The first-order chi connectivity index (χ1) is 23.1. The summed E-state index contributed by atoms with van der Waals surface area (Å²) in [6, 6.07) is 14.5. The van der Waals surface area contributed by atoms with Crippen molar-refractivity contribution in [3.05, 3.63) is 59.7 Å². The summed E-state index contributed by atoms with van der Waals surface area (Å²) >= 11 is 0. The second kappa shape index (κ2) is 21.6. The van der Waals surface area contributed by atoms with Gasteiger partial charge in [-0.3, -0.25) is 14.4 Å². The van der Waals surface area contributed by atoms with Crippen LogP contribution in [0.15, 0.2) is 48.5 Å². The minimum absolute atomic E-state index is 0. The number of nitrogens with two attached hydrogens (primary N) is 1. The molecule has 2 unspecified atom stereocenters. The van der Waals surface area contributed by atoms with Gasteiger partial charge in [0.1, 0.15) is 6.61 Å². The van der Waals surface area contributed by atoms with Crippen LogP contribution in [-0.2, 0) is 28.6 Å². The number of primary amides is 1. The van der Waals surface area contributed by atoms with Crippen molar-refractivity contribution in [1.29, 1.82) is 0 Å². The minimum atomic E-state index is -0.896. The van der Waals surface area contributed by atoms with E-state index in [-0.39, 0.29) is 63.4 Å². The molecule has 2 aromatic carbocycles. The summed E-state index contributed by atoms with van der Waals surface area (Å²) in [7, 11) is 1.60. The van der Waals surface area contributed by atoms with Crippen LogP contribution in [0, 0.1) is 11.8 Å². The van der Waals surface area contributed by atoms with Crippen LogP contribution in [0.4, 0.5) is 9.59 Å². The highest BCUT2D eigenvalue weighted by molar-refractivity contribution is 5.93. The van der Waals surface area contributed by atoms with Crippen LogP contribution < -0.4 is 21.7 Å². The summed E-state index contributed by atoms with van der Waals surface area (Å²) in [5, 5.41) is 7.87. The first kappa shape index (κ1) is 40.9. The molecule has 0 radical (unpaired) electrons. The molecular weight excluding hydrogens is 628 g/mol. The fourth-order valence-corrected chi connectivity index (χ4v) is 5.83. The summed E-state index contributed by atoms with van der Waals surface area (Å²) in [5.74, 6) is -2.09. The number of ether oxygens (including phenoxy) is 3. The lowest BCUT2D eigenvalue weighted by Gasteiger charge is -2.24. The van der Waals surface area contributed by atoms with Gasteiger partial charge >= 0.3 is 12.1 Å². The predicted octanol–water partition coefficient (Wildman–Crippen LogP) is 4.73. The van der Waals surface area contributed by atoms with Gasteiger partial charge in [0.25, 0.3) is 0 Å². The molecule has 0 spiro atoms. The summed E-state index contributed by atoms with van der Waals surface area (Å²) in [4.78, 5) is 63.3. The topological polar surface area (TPSA) is 175 Å². The van der Waals surface area contributed by atoms with Crippen molar-refractivity contribution in [1.82, 2.24) is 16.0 Å². The van der Waals surface area contributed by atoms with E-state index in [0.29, 0.717) is 45.5 Å². The number of carbonyl (C=O) groups excluding carboxylic acids is 5. The number of fused-ring (bicyclic) bond motifs is 3. The number of ketones is 2. The second-order valence-corrected chi connectivity index (χ2v) is 12.3. The first-order valence-electron chi connectivity index (χ1n) is 16.7. The number of rotatable bonds is 22. The number of nitrogens with one attached hydrogen (secondary N) is 3. The monoisotopic (exact) mass is 682 g/mol. The largest absolute Gasteiger partial charge is 0.449 e. The highest BCUT2D eigenvalue weighted by Gasteiger charge is 2.32.